The molecule has 1 amide bonds. The predicted octanol–water partition coefficient (Wildman–Crippen LogP) is 2.97. The number of esters is 1. The summed E-state index contributed by atoms with van der Waals surface area (Å²) in [5, 5.41) is 2.93. The summed E-state index contributed by atoms with van der Waals surface area (Å²) in [5.74, 6) is -0.231. The van der Waals surface area contributed by atoms with Crippen molar-refractivity contribution in [1.29, 1.82) is 0 Å². The average Bonchev–Trinajstić information content (AvgIpc) is 2.24. The minimum atomic E-state index is -0.329. The minimum Gasteiger partial charge on any atom is -0.462 e. The third kappa shape index (κ3) is 11.5. The van der Waals surface area contributed by atoms with Gasteiger partial charge in [-0.05, 0) is 40.5 Å². The molecule has 0 fully saturated rings. The molecule has 0 aromatic carbocycles. The number of ether oxygens (including phenoxy) is 1. The van der Waals surface area contributed by atoms with E-state index in [9.17, 15) is 9.59 Å². The Balaban J connectivity index is 3.44. The van der Waals surface area contributed by atoms with Crippen molar-refractivity contribution in [3.8, 4) is 0 Å². The van der Waals surface area contributed by atoms with Crippen LogP contribution >= 0.6 is 0 Å². The zero-order valence-electron chi connectivity index (χ0n) is 12.7. The average molecular weight is 269 g/mol. The quantitative estimate of drug-likeness (QED) is 0.419. The van der Waals surface area contributed by atoms with Crippen LogP contribution in [-0.4, -0.2) is 24.0 Å². The van der Waals surface area contributed by atoms with Crippen LogP contribution in [0.2, 0.25) is 0 Å². The van der Waals surface area contributed by atoms with Crippen LogP contribution in [0, 0.1) is 0 Å². The molecule has 0 saturated heterocycles. The van der Waals surface area contributed by atoms with Gasteiger partial charge in [0.15, 0.2) is 0 Å². The van der Waals surface area contributed by atoms with E-state index in [0.717, 1.165) is 25.7 Å². The molecule has 0 aromatic rings. The van der Waals surface area contributed by atoms with Crippen molar-refractivity contribution in [1.82, 2.24) is 5.32 Å². The maximum atomic E-state index is 11.5. The SMILES string of the molecule is C=C(C)C(=O)OCCCCCCC(=O)NC(C)(C)C. The van der Waals surface area contributed by atoms with Crippen LogP contribution in [0.25, 0.3) is 0 Å². The molecule has 1 N–H and O–H groups in total. The van der Waals surface area contributed by atoms with Gasteiger partial charge in [0.1, 0.15) is 0 Å². The van der Waals surface area contributed by atoms with E-state index in [4.69, 9.17) is 4.74 Å². The molecular formula is C15H27NO3. The molecule has 0 aromatic heterocycles. The first-order valence-corrected chi connectivity index (χ1v) is 6.86. The van der Waals surface area contributed by atoms with Gasteiger partial charge >= 0.3 is 5.97 Å². The second-order valence-corrected chi connectivity index (χ2v) is 5.88. The van der Waals surface area contributed by atoms with Crippen LogP contribution in [0.5, 0.6) is 0 Å². The van der Waals surface area contributed by atoms with E-state index in [2.05, 4.69) is 11.9 Å². The van der Waals surface area contributed by atoms with Gasteiger partial charge in [0.2, 0.25) is 5.91 Å². The Kier molecular flexibility index (Phi) is 8.12. The smallest absolute Gasteiger partial charge is 0.333 e. The predicted molar refractivity (Wildman–Crippen MR) is 76.8 cm³/mol. The van der Waals surface area contributed by atoms with Gasteiger partial charge in [-0.2, -0.15) is 0 Å². The maximum Gasteiger partial charge on any atom is 0.333 e. The summed E-state index contributed by atoms with van der Waals surface area (Å²) < 4.78 is 4.98. The van der Waals surface area contributed by atoms with Crippen LogP contribution in [0.15, 0.2) is 12.2 Å². The zero-order valence-corrected chi connectivity index (χ0v) is 12.7. The lowest BCUT2D eigenvalue weighted by atomic mass is 10.1. The van der Waals surface area contributed by atoms with E-state index in [1.807, 2.05) is 20.8 Å². The van der Waals surface area contributed by atoms with E-state index in [-0.39, 0.29) is 17.4 Å². The van der Waals surface area contributed by atoms with Gasteiger partial charge in [0.25, 0.3) is 0 Å². The van der Waals surface area contributed by atoms with Crippen molar-refractivity contribution in [2.45, 2.75) is 65.3 Å². The second kappa shape index (κ2) is 8.73. The molecule has 0 aliphatic carbocycles. The second-order valence-electron chi connectivity index (χ2n) is 5.88. The first kappa shape index (κ1) is 17.7. The summed E-state index contributed by atoms with van der Waals surface area (Å²) >= 11 is 0. The normalized spacial score (nSPS) is 10.9. The molecule has 4 nitrogen and oxygen atoms in total. The summed E-state index contributed by atoms with van der Waals surface area (Å²) in [6.07, 6.45) is 4.20. The standard InChI is InChI=1S/C15H27NO3/c1-12(2)14(18)19-11-9-7-6-8-10-13(17)16-15(3,4)5/h1,6-11H2,2-5H3,(H,16,17). The molecule has 0 radical (unpaired) electrons. The van der Waals surface area contributed by atoms with Gasteiger partial charge in [-0.15, -0.1) is 0 Å². The zero-order chi connectivity index (χ0) is 14.9. The lowest BCUT2D eigenvalue weighted by Crippen LogP contribution is -2.40. The van der Waals surface area contributed by atoms with Gasteiger partial charge in [-0.3, -0.25) is 4.79 Å². The fourth-order valence-electron chi connectivity index (χ4n) is 1.51. The Morgan fingerprint density at radius 2 is 1.68 bits per heavy atom. The van der Waals surface area contributed by atoms with E-state index in [1.165, 1.54) is 0 Å². The third-order valence-electron chi connectivity index (χ3n) is 2.39. The van der Waals surface area contributed by atoms with Crippen LogP contribution in [0.4, 0.5) is 0 Å². The topological polar surface area (TPSA) is 55.4 Å². The molecule has 0 atom stereocenters. The molecule has 0 saturated carbocycles. The van der Waals surface area contributed by atoms with E-state index < -0.39 is 0 Å². The molecule has 0 aliphatic rings. The van der Waals surface area contributed by atoms with E-state index in [0.29, 0.717) is 18.6 Å². The van der Waals surface area contributed by atoms with Crippen LogP contribution in [-0.2, 0) is 14.3 Å². The summed E-state index contributed by atoms with van der Waals surface area (Å²) in [6.45, 7) is 11.5. The number of amides is 1. The summed E-state index contributed by atoms with van der Waals surface area (Å²) in [4.78, 5) is 22.6. The summed E-state index contributed by atoms with van der Waals surface area (Å²) in [7, 11) is 0. The molecule has 0 rings (SSSR count). The molecule has 0 unspecified atom stereocenters. The Morgan fingerprint density at radius 3 is 2.21 bits per heavy atom. The summed E-state index contributed by atoms with van der Waals surface area (Å²) in [6, 6.07) is 0. The first-order valence-electron chi connectivity index (χ1n) is 6.86. The molecule has 19 heavy (non-hydrogen) atoms. The molecular weight excluding hydrogens is 242 g/mol. The van der Waals surface area contributed by atoms with Gasteiger partial charge in [-0.1, -0.05) is 19.4 Å². The van der Waals surface area contributed by atoms with Crippen molar-refractivity contribution < 1.29 is 14.3 Å². The minimum absolute atomic E-state index is 0.0983. The monoisotopic (exact) mass is 269 g/mol. The van der Waals surface area contributed by atoms with Crippen molar-refractivity contribution >= 4 is 11.9 Å². The highest BCUT2D eigenvalue weighted by atomic mass is 16.5. The van der Waals surface area contributed by atoms with Gasteiger partial charge in [0.05, 0.1) is 6.61 Å². The molecule has 0 heterocycles. The van der Waals surface area contributed by atoms with Crippen molar-refractivity contribution in [3.05, 3.63) is 12.2 Å². The van der Waals surface area contributed by atoms with Gasteiger partial charge in [-0.25, -0.2) is 4.79 Å². The van der Waals surface area contributed by atoms with Gasteiger partial charge in [0, 0.05) is 17.5 Å². The van der Waals surface area contributed by atoms with E-state index in [1.54, 1.807) is 6.92 Å². The number of hydrogen-bond donors (Lipinski definition) is 1. The number of nitrogens with one attached hydrogen (secondary N) is 1. The fourth-order valence-corrected chi connectivity index (χ4v) is 1.51. The molecule has 110 valence electrons. The number of carbonyl (C=O) groups excluding carboxylic acids is 2. The lowest BCUT2D eigenvalue weighted by molar-refractivity contribution is -0.139. The van der Waals surface area contributed by atoms with Crippen molar-refractivity contribution in [3.63, 3.8) is 0 Å². The van der Waals surface area contributed by atoms with E-state index >= 15 is 0 Å². The van der Waals surface area contributed by atoms with Crippen LogP contribution < -0.4 is 5.32 Å². The Bertz CT molecular complexity index is 316. The van der Waals surface area contributed by atoms with Gasteiger partial charge < -0.3 is 10.1 Å². The van der Waals surface area contributed by atoms with Crippen molar-refractivity contribution in [2.75, 3.05) is 6.61 Å². The third-order valence-corrected chi connectivity index (χ3v) is 2.39. The number of carbonyl (C=O) groups is 2. The highest BCUT2D eigenvalue weighted by Gasteiger charge is 2.12. The molecule has 0 aliphatic heterocycles. The number of rotatable bonds is 8. The number of unbranched alkanes of at least 4 members (excludes halogenated alkanes) is 3. The van der Waals surface area contributed by atoms with Crippen molar-refractivity contribution in [2.24, 2.45) is 0 Å². The lowest BCUT2D eigenvalue weighted by Gasteiger charge is -2.20. The van der Waals surface area contributed by atoms with Crippen LogP contribution in [0.3, 0.4) is 0 Å². The Labute approximate surface area is 116 Å². The Hall–Kier alpha value is -1.32. The largest absolute Gasteiger partial charge is 0.462 e. The first-order chi connectivity index (χ1) is 8.72. The molecule has 4 heteroatoms. The highest BCUT2D eigenvalue weighted by molar-refractivity contribution is 5.86. The number of hydrogen-bond acceptors (Lipinski definition) is 3. The maximum absolute atomic E-state index is 11.5. The fraction of sp³-hybridized carbons (Fsp3) is 0.733. The Morgan fingerprint density at radius 1 is 1.11 bits per heavy atom. The van der Waals surface area contributed by atoms with Crippen LogP contribution in [0.1, 0.15) is 59.8 Å². The summed E-state index contributed by atoms with van der Waals surface area (Å²) in [5.41, 5.74) is 0.271. The molecule has 0 bridgehead atoms. The highest BCUT2D eigenvalue weighted by Crippen LogP contribution is 2.06. The molecule has 0 spiro atoms.